The minimum atomic E-state index is -1.55. The summed E-state index contributed by atoms with van der Waals surface area (Å²) in [5, 5.41) is 22.2. The van der Waals surface area contributed by atoms with Gasteiger partial charge in [0, 0.05) is 6.20 Å². The standard InChI is InChI=1S/C12H15BN2O4/c1-12(2,3)19-11(16)10-7-9-6-8(13(17)18)4-5-15(9)14-10/h4-7,17-18H,1-3H3. The smallest absolute Gasteiger partial charge is 0.455 e. The highest BCUT2D eigenvalue weighted by molar-refractivity contribution is 6.58. The number of carbonyl (C=O) groups excluding carboxylic acids is 1. The zero-order chi connectivity index (χ0) is 14.2. The first kappa shape index (κ1) is 13.6. The number of rotatable bonds is 2. The van der Waals surface area contributed by atoms with E-state index >= 15 is 0 Å². The minimum Gasteiger partial charge on any atom is -0.455 e. The predicted molar refractivity (Wildman–Crippen MR) is 70.2 cm³/mol. The summed E-state index contributed by atoms with van der Waals surface area (Å²) in [4.78, 5) is 11.9. The average molecular weight is 262 g/mol. The van der Waals surface area contributed by atoms with Gasteiger partial charge in [0.1, 0.15) is 5.60 Å². The molecule has 2 aromatic rings. The fraction of sp³-hybridized carbons (Fsp3) is 0.333. The van der Waals surface area contributed by atoms with Crippen molar-refractivity contribution in [2.24, 2.45) is 0 Å². The van der Waals surface area contributed by atoms with E-state index < -0.39 is 18.7 Å². The number of nitrogens with zero attached hydrogens (tertiary/aromatic N) is 2. The van der Waals surface area contributed by atoms with Crippen molar-refractivity contribution in [1.29, 1.82) is 0 Å². The largest absolute Gasteiger partial charge is 0.488 e. The Morgan fingerprint density at radius 3 is 2.63 bits per heavy atom. The normalized spacial score (nSPS) is 11.6. The number of hydrogen-bond donors (Lipinski definition) is 2. The lowest BCUT2D eigenvalue weighted by molar-refractivity contribution is 0.00625. The zero-order valence-electron chi connectivity index (χ0n) is 11.0. The van der Waals surface area contributed by atoms with Crippen molar-refractivity contribution in [2.75, 3.05) is 0 Å². The summed E-state index contributed by atoms with van der Waals surface area (Å²) in [6, 6.07) is 4.61. The van der Waals surface area contributed by atoms with Crippen LogP contribution < -0.4 is 5.46 Å². The lowest BCUT2D eigenvalue weighted by Crippen LogP contribution is -2.29. The van der Waals surface area contributed by atoms with E-state index in [4.69, 9.17) is 14.8 Å². The first-order chi connectivity index (χ1) is 8.76. The molecule has 0 bridgehead atoms. The Labute approximate surface area is 110 Å². The Balaban J connectivity index is 2.34. The third-order valence-corrected chi connectivity index (χ3v) is 2.39. The second-order valence-electron chi connectivity index (χ2n) is 5.23. The van der Waals surface area contributed by atoms with Crippen LogP contribution in [0.15, 0.2) is 24.4 Å². The molecule has 0 radical (unpaired) electrons. The summed E-state index contributed by atoms with van der Waals surface area (Å²) in [5.74, 6) is -0.512. The van der Waals surface area contributed by atoms with Crippen LogP contribution in [0, 0.1) is 0 Å². The molecule has 19 heavy (non-hydrogen) atoms. The molecule has 6 nitrogen and oxygen atoms in total. The lowest BCUT2D eigenvalue weighted by atomic mass is 9.81. The number of aromatic nitrogens is 2. The Kier molecular flexibility index (Phi) is 3.34. The summed E-state index contributed by atoms with van der Waals surface area (Å²) in [5.41, 5.74) is 0.522. The predicted octanol–water partition coefficient (Wildman–Crippen LogP) is -0.0306. The number of pyridine rings is 1. The molecule has 0 aliphatic heterocycles. The van der Waals surface area contributed by atoms with Crippen LogP contribution >= 0.6 is 0 Å². The number of fused-ring (bicyclic) bond motifs is 1. The van der Waals surface area contributed by atoms with E-state index in [9.17, 15) is 4.79 Å². The van der Waals surface area contributed by atoms with E-state index in [1.165, 1.54) is 10.6 Å². The maximum atomic E-state index is 11.9. The zero-order valence-corrected chi connectivity index (χ0v) is 11.0. The van der Waals surface area contributed by atoms with Gasteiger partial charge in [-0.05, 0) is 44.4 Å². The molecule has 0 unspecified atom stereocenters. The third kappa shape index (κ3) is 3.13. The van der Waals surface area contributed by atoms with E-state index in [1.54, 1.807) is 39.1 Å². The highest BCUT2D eigenvalue weighted by atomic mass is 16.6. The van der Waals surface area contributed by atoms with Gasteiger partial charge in [0.2, 0.25) is 0 Å². The summed E-state index contributed by atoms with van der Waals surface area (Å²) >= 11 is 0. The number of hydrogen-bond acceptors (Lipinski definition) is 5. The van der Waals surface area contributed by atoms with Crippen molar-refractivity contribution >= 4 is 24.1 Å². The molecule has 100 valence electrons. The van der Waals surface area contributed by atoms with Gasteiger partial charge in [-0.15, -0.1) is 0 Å². The molecule has 0 aromatic carbocycles. The molecule has 0 amide bonds. The molecule has 0 saturated heterocycles. The molecule has 2 aromatic heterocycles. The molecule has 0 aliphatic carbocycles. The van der Waals surface area contributed by atoms with Gasteiger partial charge in [-0.3, -0.25) is 0 Å². The second kappa shape index (κ2) is 4.67. The maximum Gasteiger partial charge on any atom is 0.488 e. The van der Waals surface area contributed by atoms with Crippen LogP contribution in [0.5, 0.6) is 0 Å². The van der Waals surface area contributed by atoms with Crippen LogP contribution in [0.25, 0.3) is 5.52 Å². The van der Waals surface area contributed by atoms with Gasteiger partial charge in [0.25, 0.3) is 0 Å². The third-order valence-electron chi connectivity index (χ3n) is 2.39. The number of ether oxygens (including phenoxy) is 1. The van der Waals surface area contributed by atoms with Gasteiger partial charge < -0.3 is 14.8 Å². The van der Waals surface area contributed by atoms with Gasteiger partial charge >= 0.3 is 13.1 Å². The van der Waals surface area contributed by atoms with Crippen LogP contribution in [-0.4, -0.2) is 38.4 Å². The van der Waals surface area contributed by atoms with E-state index in [2.05, 4.69) is 5.10 Å². The van der Waals surface area contributed by atoms with E-state index in [1.807, 2.05) is 0 Å². The monoisotopic (exact) mass is 262 g/mol. The fourth-order valence-corrected chi connectivity index (χ4v) is 1.60. The van der Waals surface area contributed by atoms with Gasteiger partial charge in [-0.25, -0.2) is 9.31 Å². The van der Waals surface area contributed by atoms with Crippen molar-refractivity contribution in [3.05, 3.63) is 30.1 Å². The summed E-state index contributed by atoms with van der Waals surface area (Å²) in [6.45, 7) is 5.34. The minimum absolute atomic E-state index is 0.180. The SMILES string of the molecule is CC(C)(C)OC(=O)c1cc2cc(B(O)O)ccn2n1. The molecule has 0 spiro atoms. The Bertz CT molecular complexity index is 616. The van der Waals surface area contributed by atoms with Gasteiger partial charge in [-0.2, -0.15) is 5.10 Å². The van der Waals surface area contributed by atoms with Crippen LogP contribution in [0.1, 0.15) is 31.3 Å². The maximum absolute atomic E-state index is 11.9. The first-order valence-corrected chi connectivity index (χ1v) is 5.85. The van der Waals surface area contributed by atoms with E-state index in [0.29, 0.717) is 11.0 Å². The average Bonchev–Trinajstić information content (AvgIpc) is 2.68. The summed E-state index contributed by atoms with van der Waals surface area (Å²) in [6.07, 6.45) is 1.55. The molecule has 2 heterocycles. The number of carbonyl (C=O) groups is 1. The first-order valence-electron chi connectivity index (χ1n) is 5.85. The van der Waals surface area contributed by atoms with Crippen molar-refractivity contribution in [3.8, 4) is 0 Å². The molecule has 2 N–H and O–H groups in total. The number of esters is 1. The Morgan fingerprint density at radius 2 is 2.05 bits per heavy atom. The van der Waals surface area contributed by atoms with Crippen molar-refractivity contribution < 1.29 is 19.6 Å². The van der Waals surface area contributed by atoms with Crippen LogP contribution in [-0.2, 0) is 4.74 Å². The van der Waals surface area contributed by atoms with Gasteiger partial charge in [-0.1, -0.05) is 0 Å². The lowest BCUT2D eigenvalue weighted by Gasteiger charge is -2.18. The van der Waals surface area contributed by atoms with Crippen molar-refractivity contribution in [2.45, 2.75) is 26.4 Å². The molecule has 0 atom stereocenters. The second-order valence-corrected chi connectivity index (χ2v) is 5.23. The Hall–Kier alpha value is -1.86. The van der Waals surface area contributed by atoms with Crippen LogP contribution in [0.2, 0.25) is 0 Å². The van der Waals surface area contributed by atoms with E-state index in [0.717, 1.165) is 0 Å². The topological polar surface area (TPSA) is 84.1 Å². The summed E-state index contributed by atoms with van der Waals surface area (Å²) < 4.78 is 6.69. The molecule has 7 heteroatoms. The highest BCUT2D eigenvalue weighted by Gasteiger charge is 2.21. The quantitative estimate of drug-likeness (QED) is 0.586. The van der Waals surface area contributed by atoms with Crippen LogP contribution in [0.4, 0.5) is 0 Å². The molecule has 0 saturated carbocycles. The van der Waals surface area contributed by atoms with Crippen LogP contribution in [0.3, 0.4) is 0 Å². The fourth-order valence-electron chi connectivity index (χ4n) is 1.60. The highest BCUT2D eigenvalue weighted by Crippen LogP contribution is 2.12. The van der Waals surface area contributed by atoms with Crippen molar-refractivity contribution in [3.63, 3.8) is 0 Å². The Morgan fingerprint density at radius 1 is 1.37 bits per heavy atom. The summed E-state index contributed by atoms with van der Waals surface area (Å²) in [7, 11) is -1.55. The van der Waals surface area contributed by atoms with Gasteiger partial charge in [0.15, 0.2) is 5.69 Å². The van der Waals surface area contributed by atoms with Gasteiger partial charge in [0.05, 0.1) is 5.52 Å². The van der Waals surface area contributed by atoms with E-state index in [-0.39, 0.29) is 5.69 Å². The molecular formula is C12H15BN2O4. The molecule has 0 aliphatic rings. The molecular weight excluding hydrogens is 247 g/mol. The molecule has 2 rings (SSSR count). The van der Waals surface area contributed by atoms with Crippen molar-refractivity contribution in [1.82, 2.24) is 9.61 Å². The molecule has 0 fully saturated rings.